The van der Waals surface area contributed by atoms with Crippen molar-refractivity contribution in [2.45, 2.75) is 0 Å². The number of hydrogen-bond acceptors (Lipinski definition) is 5. The Morgan fingerprint density at radius 2 is 1.45 bits per heavy atom. The van der Waals surface area contributed by atoms with Gasteiger partial charge in [-0.2, -0.15) is 10.1 Å². The highest BCUT2D eigenvalue weighted by molar-refractivity contribution is 4.60. The van der Waals surface area contributed by atoms with E-state index >= 15 is 0 Å². The van der Waals surface area contributed by atoms with Crippen LogP contribution in [0, 0.1) is 0 Å². The number of hydroxylamine groups is 4. The molecule has 0 aliphatic carbocycles. The lowest BCUT2D eigenvalue weighted by Crippen LogP contribution is -2.33. The molecule has 0 radical (unpaired) electrons. The van der Waals surface area contributed by atoms with E-state index in [1.165, 1.54) is 0 Å². The molecule has 0 aromatic rings. The second-order valence-corrected chi connectivity index (χ2v) is 2.81. The Balaban J connectivity index is 1.71. The standard InChI is InChI=1S/C6H14N4O/c1-3-9(5-7-1)11-10-4-2-8-6-10/h7-8H,1-6H2. The van der Waals surface area contributed by atoms with Gasteiger partial charge in [0.25, 0.3) is 0 Å². The van der Waals surface area contributed by atoms with E-state index in [2.05, 4.69) is 10.6 Å². The molecule has 0 aromatic heterocycles. The minimum atomic E-state index is 0.844. The van der Waals surface area contributed by atoms with Crippen molar-refractivity contribution in [3.63, 3.8) is 0 Å². The SMILES string of the molecule is C1CN(ON2CCNC2)CN1. The molecule has 2 aliphatic rings. The van der Waals surface area contributed by atoms with Gasteiger partial charge in [0.15, 0.2) is 0 Å². The lowest BCUT2D eigenvalue weighted by molar-refractivity contribution is -0.309. The maximum atomic E-state index is 5.51. The molecule has 0 atom stereocenters. The molecular formula is C6H14N4O. The first-order valence-corrected chi connectivity index (χ1v) is 4.04. The average molecular weight is 158 g/mol. The number of nitrogens with one attached hydrogen (secondary N) is 2. The molecule has 0 aromatic carbocycles. The fourth-order valence-corrected chi connectivity index (χ4v) is 1.28. The van der Waals surface area contributed by atoms with E-state index in [1.54, 1.807) is 0 Å². The lowest BCUT2D eigenvalue weighted by atomic mass is 10.7. The minimum Gasteiger partial charge on any atom is -0.301 e. The summed E-state index contributed by atoms with van der Waals surface area (Å²) in [6.45, 7) is 5.71. The molecule has 5 heteroatoms. The van der Waals surface area contributed by atoms with Crippen LogP contribution in [0.5, 0.6) is 0 Å². The summed E-state index contributed by atoms with van der Waals surface area (Å²) in [5.41, 5.74) is 0. The third-order valence-corrected chi connectivity index (χ3v) is 1.88. The van der Waals surface area contributed by atoms with E-state index in [1.807, 2.05) is 10.1 Å². The van der Waals surface area contributed by atoms with Gasteiger partial charge in [-0.25, -0.2) is 4.94 Å². The van der Waals surface area contributed by atoms with Crippen LogP contribution in [0.2, 0.25) is 0 Å². The van der Waals surface area contributed by atoms with Gasteiger partial charge in [0, 0.05) is 26.2 Å². The zero-order valence-corrected chi connectivity index (χ0v) is 6.55. The van der Waals surface area contributed by atoms with Crippen molar-refractivity contribution >= 4 is 0 Å². The summed E-state index contributed by atoms with van der Waals surface area (Å²) in [4.78, 5) is 5.51. The van der Waals surface area contributed by atoms with E-state index in [-0.39, 0.29) is 0 Å². The summed E-state index contributed by atoms with van der Waals surface area (Å²) in [7, 11) is 0. The molecule has 0 saturated carbocycles. The molecule has 0 bridgehead atoms. The van der Waals surface area contributed by atoms with Crippen molar-refractivity contribution in [3.8, 4) is 0 Å². The monoisotopic (exact) mass is 158 g/mol. The number of rotatable bonds is 2. The summed E-state index contributed by atoms with van der Waals surface area (Å²) in [6, 6.07) is 0. The van der Waals surface area contributed by atoms with Crippen molar-refractivity contribution in [2.24, 2.45) is 0 Å². The highest BCUT2D eigenvalue weighted by Gasteiger charge is 2.18. The Hall–Kier alpha value is -0.200. The fourth-order valence-electron chi connectivity index (χ4n) is 1.28. The van der Waals surface area contributed by atoms with E-state index in [9.17, 15) is 0 Å². The Labute approximate surface area is 66.2 Å². The molecule has 2 saturated heterocycles. The second-order valence-electron chi connectivity index (χ2n) is 2.81. The molecule has 2 heterocycles. The largest absolute Gasteiger partial charge is 0.301 e. The quantitative estimate of drug-likeness (QED) is 0.515. The van der Waals surface area contributed by atoms with Gasteiger partial charge in [-0.1, -0.05) is 0 Å². The zero-order valence-electron chi connectivity index (χ0n) is 6.55. The molecular weight excluding hydrogens is 144 g/mol. The first-order valence-electron chi connectivity index (χ1n) is 4.04. The second kappa shape index (κ2) is 3.46. The molecule has 0 unspecified atom stereocenters. The van der Waals surface area contributed by atoms with Crippen LogP contribution in [0.3, 0.4) is 0 Å². The maximum Gasteiger partial charge on any atom is 0.0752 e. The van der Waals surface area contributed by atoms with E-state index in [4.69, 9.17) is 4.94 Å². The third kappa shape index (κ3) is 1.88. The summed E-state index contributed by atoms with van der Waals surface area (Å²) in [6.07, 6.45) is 0. The van der Waals surface area contributed by atoms with E-state index < -0.39 is 0 Å². The van der Waals surface area contributed by atoms with Crippen LogP contribution >= 0.6 is 0 Å². The molecule has 2 fully saturated rings. The average Bonchev–Trinajstić information content (AvgIpc) is 2.60. The van der Waals surface area contributed by atoms with Gasteiger partial charge in [0.2, 0.25) is 0 Å². The fraction of sp³-hybridized carbons (Fsp3) is 1.00. The van der Waals surface area contributed by atoms with E-state index in [0.29, 0.717) is 0 Å². The zero-order chi connectivity index (χ0) is 7.52. The minimum absolute atomic E-state index is 0.844. The highest BCUT2D eigenvalue weighted by atomic mass is 16.8. The molecule has 64 valence electrons. The van der Waals surface area contributed by atoms with Crippen LogP contribution in [-0.4, -0.2) is 49.6 Å². The van der Waals surface area contributed by atoms with Crippen molar-refractivity contribution in [1.29, 1.82) is 0 Å². The summed E-state index contributed by atoms with van der Waals surface area (Å²) in [5.74, 6) is 0. The van der Waals surface area contributed by atoms with Gasteiger partial charge in [0.1, 0.15) is 0 Å². The molecule has 2 rings (SSSR count). The smallest absolute Gasteiger partial charge is 0.0752 e. The predicted molar refractivity (Wildman–Crippen MR) is 40.2 cm³/mol. The maximum absolute atomic E-state index is 5.51. The Kier molecular flexibility index (Phi) is 2.35. The van der Waals surface area contributed by atoms with Crippen LogP contribution in [-0.2, 0) is 4.94 Å². The molecule has 11 heavy (non-hydrogen) atoms. The first-order chi connectivity index (χ1) is 5.45. The number of hydrogen-bond donors (Lipinski definition) is 2. The van der Waals surface area contributed by atoms with Crippen LogP contribution in [0.25, 0.3) is 0 Å². The van der Waals surface area contributed by atoms with Gasteiger partial charge in [0.05, 0.1) is 13.3 Å². The van der Waals surface area contributed by atoms with Crippen molar-refractivity contribution in [1.82, 2.24) is 20.8 Å². The molecule has 2 aliphatic heterocycles. The summed E-state index contributed by atoms with van der Waals surface area (Å²) >= 11 is 0. The topological polar surface area (TPSA) is 39.8 Å². The summed E-state index contributed by atoms with van der Waals surface area (Å²) < 4.78 is 0. The Bertz CT molecular complexity index is 106. The van der Waals surface area contributed by atoms with Crippen molar-refractivity contribution in [2.75, 3.05) is 39.5 Å². The molecule has 5 nitrogen and oxygen atoms in total. The lowest BCUT2D eigenvalue weighted by Gasteiger charge is -2.20. The van der Waals surface area contributed by atoms with Crippen LogP contribution in [0.4, 0.5) is 0 Å². The van der Waals surface area contributed by atoms with Gasteiger partial charge >= 0.3 is 0 Å². The normalized spacial score (nSPS) is 28.4. The number of nitrogens with zero attached hydrogens (tertiary/aromatic N) is 2. The molecule has 2 N–H and O–H groups in total. The molecule has 0 amide bonds. The third-order valence-electron chi connectivity index (χ3n) is 1.88. The van der Waals surface area contributed by atoms with Crippen LogP contribution in [0.15, 0.2) is 0 Å². The van der Waals surface area contributed by atoms with Crippen molar-refractivity contribution < 1.29 is 4.94 Å². The van der Waals surface area contributed by atoms with Crippen LogP contribution in [0.1, 0.15) is 0 Å². The van der Waals surface area contributed by atoms with Crippen molar-refractivity contribution in [3.05, 3.63) is 0 Å². The van der Waals surface area contributed by atoms with Crippen LogP contribution < -0.4 is 10.6 Å². The van der Waals surface area contributed by atoms with Gasteiger partial charge in [-0.15, -0.1) is 0 Å². The van der Waals surface area contributed by atoms with Gasteiger partial charge in [-0.3, -0.25) is 0 Å². The summed E-state index contributed by atoms with van der Waals surface area (Å²) in [5, 5.41) is 10.3. The van der Waals surface area contributed by atoms with Gasteiger partial charge < -0.3 is 10.6 Å². The van der Waals surface area contributed by atoms with Gasteiger partial charge in [-0.05, 0) is 0 Å². The molecule has 0 spiro atoms. The Morgan fingerprint density at radius 1 is 0.909 bits per heavy atom. The predicted octanol–water partition coefficient (Wildman–Crippen LogP) is -1.44. The Morgan fingerprint density at radius 3 is 1.82 bits per heavy atom. The highest BCUT2D eigenvalue weighted by Crippen LogP contribution is 2.00. The first kappa shape index (κ1) is 7.45. The van der Waals surface area contributed by atoms with E-state index in [0.717, 1.165) is 39.5 Å².